The highest BCUT2D eigenvalue weighted by molar-refractivity contribution is 5.95. The molecule has 6 heteroatoms. The first-order valence-corrected chi connectivity index (χ1v) is 7.10. The van der Waals surface area contributed by atoms with Gasteiger partial charge < -0.3 is 18.9 Å². The summed E-state index contributed by atoms with van der Waals surface area (Å²) in [5.41, 5.74) is 0.724. The highest BCUT2D eigenvalue weighted by Gasteiger charge is 2.30. The van der Waals surface area contributed by atoms with Gasteiger partial charge in [0.2, 0.25) is 0 Å². The summed E-state index contributed by atoms with van der Waals surface area (Å²) in [6, 6.07) is 5.20. The number of esters is 2. The van der Waals surface area contributed by atoms with Gasteiger partial charge in [-0.3, -0.25) is 9.59 Å². The quantitative estimate of drug-likeness (QED) is 0.540. The van der Waals surface area contributed by atoms with Gasteiger partial charge in [0.25, 0.3) is 0 Å². The van der Waals surface area contributed by atoms with E-state index >= 15 is 0 Å². The third-order valence-corrected chi connectivity index (χ3v) is 2.99. The number of ether oxygens (including phenoxy) is 4. The number of carbonyl (C=O) groups is 2. The minimum absolute atomic E-state index is 0.158. The highest BCUT2D eigenvalue weighted by atomic mass is 16.6. The van der Waals surface area contributed by atoms with Crippen LogP contribution in [0.1, 0.15) is 19.4 Å². The smallest absolute Gasteiger partial charge is 0.320 e. The Morgan fingerprint density at radius 2 is 1.36 bits per heavy atom. The summed E-state index contributed by atoms with van der Waals surface area (Å²) in [5, 5.41) is 0. The van der Waals surface area contributed by atoms with Crippen LogP contribution < -0.4 is 9.47 Å². The maximum atomic E-state index is 12.0. The van der Waals surface area contributed by atoms with Gasteiger partial charge in [-0.25, -0.2) is 0 Å². The summed E-state index contributed by atoms with van der Waals surface area (Å²) < 4.78 is 20.3. The van der Waals surface area contributed by atoms with Crippen LogP contribution in [0, 0.1) is 5.92 Å². The SMILES string of the molecule is CCOC(=O)C(Cc1cc(OC)cc(OC)c1)C(=O)OCC. The van der Waals surface area contributed by atoms with Gasteiger partial charge in [-0.2, -0.15) is 0 Å². The van der Waals surface area contributed by atoms with Crippen molar-refractivity contribution >= 4 is 11.9 Å². The Morgan fingerprint density at radius 3 is 1.73 bits per heavy atom. The minimum atomic E-state index is -1.00. The molecule has 0 radical (unpaired) electrons. The maximum absolute atomic E-state index is 12.0. The lowest BCUT2D eigenvalue weighted by atomic mass is 9.99. The molecule has 0 aliphatic carbocycles. The van der Waals surface area contributed by atoms with Gasteiger partial charge in [-0.1, -0.05) is 0 Å². The summed E-state index contributed by atoms with van der Waals surface area (Å²) in [6.45, 7) is 3.79. The zero-order valence-electron chi connectivity index (χ0n) is 13.4. The van der Waals surface area contributed by atoms with Crippen molar-refractivity contribution in [3.63, 3.8) is 0 Å². The summed E-state index contributed by atoms with van der Waals surface area (Å²) in [6.07, 6.45) is 0.158. The predicted octanol–water partition coefficient (Wildman–Crippen LogP) is 1.99. The summed E-state index contributed by atoms with van der Waals surface area (Å²) in [4.78, 5) is 24.0. The third kappa shape index (κ3) is 4.95. The summed E-state index contributed by atoms with van der Waals surface area (Å²) in [7, 11) is 3.07. The Hall–Kier alpha value is -2.24. The number of hydrogen-bond donors (Lipinski definition) is 0. The number of methoxy groups -OCH3 is 2. The second-order valence-electron chi connectivity index (χ2n) is 4.48. The van der Waals surface area contributed by atoms with E-state index in [9.17, 15) is 9.59 Å². The molecule has 0 saturated carbocycles. The second-order valence-corrected chi connectivity index (χ2v) is 4.48. The van der Waals surface area contributed by atoms with Gasteiger partial charge in [0.15, 0.2) is 5.92 Å². The van der Waals surface area contributed by atoms with E-state index in [0.717, 1.165) is 5.56 Å². The molecule has 22 heavy (non-hydrogen) atoms. The fraction of sp³-hybridized carbons (Fsp3) is 0.500. The molecule has 6 nitrogen and oxygen atoms in total. The summed E-state index contributed by atoms with van der Waals surface area (Å²) >= 11 is 0. The van der Waals surface area contributed by atoms with Crippen molar-refractivity contribution in [1.29, 1.82) is 0 Å². The van der Waals surface area contributed by atoms with Crippen molar-refractivity contribution in [2.24, 2.45) is 5.92 Å². The second kappa shape index (κ2) is 8.92. The molecule has 0 bridgehead atoms. The van der Waals surface area contributed by atoms with Gasteiger partial charge in [-0.15, -0.1) is 0 Å². The normalized spacial score (nSPS) is 10.2. The topological polar surface area (TPSA) is 71.1 Å². The highest BCUT2D eigenvalue weighted by Crippen LogP contribution is 2.25. The molecule has 0 heterocycles. The van der Waals surface area contributed by atoms with Gasteiger partial charge in [0, 0.05) is 6.07 Å². The van der Waals surface area contributed by atoms with E-state index in [4.69, 9.17) is 18.9 Å². The molecular weight excluding hydrogens is 288 g/mol. The molecule has 0 fully saturated rings. The fourth-order valence-corrected chi connectivity index (χ4v) is 1.97. The minimum Gasteiger partial charge on any atom is -0.497 e. The maximum Gasteiger partial charge on any atom is 0.320 e. The van der Waals surface area contributed by atoms with E-state index in [0.29, 0.717) is 11.5 Å². The Morgan fingerprint density at radius 1 is 0.909 bits per heavy atom. The van der Waals surface area contributed by atoms with Crippen LogP contribution in [0.3, 0.4) is 0 Å². The van der Waals surface area contributed by atoms with Crippen molar-refractivity contribution in [1.82, 2.24) is 0 Å². The molecule has 1 aromatic rings. The van der Waals surface area contributed by atoms with Crippen molar-refractivity contribution in [3.8, 4) is 11.5 Å². The lowest BCUT2D eigenvalue weighted by molar-refractivity contribution is -0.161. The Labute approximate surface area is 130 Å². The predicted molar refractivity (Wildman–Crippen MR) is 80.0 cm³/mol. The van der Waals surface area contributed by atoms with Crippen LogP contribution in [0.15, 0.2) is 18.2 Å². The third-order valence-electron chi connectivity index (χ3n) is 2.99. The van der Waals surface area contributed by atoms with Crippen molar-refractivity contribution in [3.05, 3.63) is 23.8 Å². The lowest BCUT2D eigenvalue weighted by Crippen LogP contribution is -2.30. The van der Waals surface area contributed by atoms with E-state index in [1.165, 1.54) is 14.2 Å². The van der Waals surface area contributed by atoms with E-state index in [1.807, 2.05) is 0 Å². The first kappa shape index (κ1) is 17.8. The van der Waals surface area contributed by atoms with Crippen LogP contribution in [-0.4, -0.2) is 39.4 Å². The van der Waals surface area contributed by atoms with Gasteiger partial charge in [0.1, 0.15) is 11.5 Å². The first-order chi connectivity index (χ1) is 10.5. The van der Waals surface area contributed by atoms with E-state index in [2.05, 4.69) is 0 Å². The molecule has 122 valence electrons. The lowest BCUT2D eigenvalue weighted by Gasteiger charge is -2.15. The van der Waals surface area contributed by atoms with Crippen molar-refractivity contribution in [2.45, 2.75) is 20.3 Å². The number of carbonyl (C=O) groups excluding carboxylic acids is 2. The van der Waals surface area contributed by atoms with Crippen LogP contribution in [0.5, 0.6) is 11.5 Å². The number of hydrogen-bond acceptors (Lipinski definition) is 6. The Balaban J connectivity index is 3.02. The molecule has 0 aliphatic heterocycles. The molecule has 0 unspecified atom stereocenters. The zero-order valence-corrected chi connectivity index (χ0v) is 13.4. The Bertz CT molecular complexity index is 471. The van der Waals surface area contributed by atoms with E-state index in [-0.39, 0.29) is 19.6 Å². The van der Waals surface area contributed by atoms with E-state index < -0.39 is 17.9 Å². The molecule has 0 spiro atoms. The molecular formula is C16H22O6. The molecule has 1 rings (SSSR count). The van der Waals surface area contributed by atoms with E-state index in [1.54, 1.807) is 32.0 Å². The molecule has 0 amide bonds. The van der Waals surface area contributed by atoms with Crippen molar-refractivity contribution in [2.75, 3.05) is 27.4 Å². The average molecular weight is 310 g/mol. The van der Waals surface area contributed by atoms with Crippen LogP contribution in [0.25, 0.3) is 0 Å². The molecule has 0 atom stereocenters. The van der Waals surface area contributed by atoms with Crippen LogP contribution in [-0.2, 0) is 25.5 Å². The van der Waals surface area contributed by atoms with Crippen LogP contribution >= 0.6 is 0 Å². The number of benzene rings is 1. The Kier molecular flexibility index (Phi) is 7.22. The average Bonchev–Trinajstić information content (AvgIpc) is 2.52. The van der Waals surface area contributed by atoms with Crippen molar-refractivity contribution < 1.29 is 28.5 Å². The zero-order chi connectivity index (χ0) is 16.5. The number of rotatable bonds is 8. The first-order valence-electron chi connectivity index (χ1n) is 7.10. The van der Waals surface area contributed by atoms with Crippen LogP contribution in [0.4, 0.5) is 0 Å². The van der Waals surface area contributed by atoms with Gasteiger partial charge >= 0.3 is 11.9 Å². The molecule has 0 N–H and O–H groups in total. The van der Waals surface area contributed by atoms with Gasteiger partial charge in [-0.05, 0) is 38.0 Å². The standard InChI is InChI=1S/C16H22O6/c1-5-21-15(17)14(16(18)22-6-2)9-11-7-12(19-3)10-13(8-11)20-4/h7-8,10,14H,5-6,9H2,1-4H3. The van der Waals surface area contributed by atoms with Gasteiger partial charge in [0.05, 0.1) is 27.4 Å². The molecule has 1 aromatic carbocycles. The fourth-order valence-electron chi connectivity index (χ4n) is 1.97. The van der Waals surface area contributed by atoms with Crippen LogP contribution in [0.2, 0.25) is 0 Å². The molecule has 0 aromatic heterocycles. The summed E-state index contributed by atoms with van der Waals surface area (Å²) in [5.74, 6) is -1.02. The molecule has 0 saturated heterocycles. The largest absolute Gasteiger partial charge is 0.497 e. The molecule has 0 aliphatic rings. The monoisotopic (exact) mass is 310 g/mol.